The molecule has 3 aromatic rings. The van der Waals surface area contributed by atoms with E-state index < -0.39 is 22.5 Å². The number of anilines is 1. The number of benzene rings is 3. The van der Waals surface area contributed by atoms with Crippen LogP contribution >= 0.6 is 0 Å². The van der Waals surface area contributed by atoms with Crippen LogP contribution in [0.3, 0.4) is 0 Å². The molecule has 0 atom stereocenters. The van der Waals surface area contributed by atoms with Crippen molar-refractivity contribution in [2.24, 2.45) is 5.10 Å². The zero-order valence-electron chi connectivity index (χ0n) is 24.7. The third-order valence-electron chi connectivity index (χ3n) is 7.12. The second kappa shape index (κ2) is 14.7. The van der Waals surface area contributed by atoms with Gasteiger partial charge < -0.3 is 14.8 Å². The molecular weight excluding hydrogens is 568 g/mol. The van der Waals surface area contributed by atoms with Crippen LogP contribution in [-0.4, -0.2) is 52.8 Å². The zero-order valence-corrected chi connectivity index (χ0v) is 25.5. The number of hydrazone groups is 1. The van der Waals surface area contributed by atoms with Gasteiger partial charge in [-0.25, -0.2) is 13.8 Å². The van der Waals surface area contributed by atoms with Crippen molar-refractivity contribution in [1.29, 1.82) is 0 Å². The quantitative estimate of drug-likeness (QED) is 0.231. The van der Waals surface area contributed by atoms with Crippen LogP contribution in [0, 0.1) is 13.8 Å². The van der Waals surface area contributed by atoms with Crippen molar-refractivity contribution in [2.45, 2.75) is 56.9 Å². The Balaban J connectivity index is 1.39. The third-order valence-corrected chi connectivity index (χ3v) is 8.90. The molecule has 11 heteroatoms. The summed E-state index contributed by atoms with van der Waals surface area (Å²) in [5.41, 5.74) is 5.03. The number of amides is 2. The average Bonchev–Trinajstić information content (AvgIpc) is 3.00. The predicted octanol–water partition coefficient (Wildman–Crippen LogP) is 4.49. The Bertz CT molecular complexity index is 1530. The van der Waals surface area contributed by atoms with E-state index in [9.17, 15) is 18.0 Å². The Morgan fingerprint density at radius 3 is 2.28 bits per heavy atom. The molecule has 2 amide bonds. The van der Waals surface area contributed by atoms with E-state index in [0.717, 1.165) is 41.1 Å². The highest BCUT2D eigenvalue weighted by atomic mass is 32.2. The highest BCUT2D eigenvalue weighted by Gasteiger charge is 2.29. The Morgan fingerprint density at radius 1 is 0.930 bits per heavy atom. The molecule has 228 valence electrons. The maximum atomic E-state index is 13.7. The Hall–Kier alpha value is -4.38. The molecule has 0 heterocycles. The summed E-state index contributed by atoms with van der Waals surface area (Å²) in [5, 5.41) is 7.02. The first kappa shape index (κ1) is 31.6. The standard InChI is InChI=1S/C32H38N4O6S/c1-23-9-16-28(17-10-23)43(39,40)36(29-19-24(2)11-18-30(29)41-3)21-31(37)35-33-20-25-12-14-27(15-13-25)42-22-32(38)34-26-7-5-4-6-8-26/h9-20,26H,4-8,21-22H2,1-3H3,(H,34,38)(H,35,37)/b33-20-. The molecule has 0 bridgehead atoms. The van der Waals surface area contributed by atoms with Gasteiger partial charge in [0.2, 0.25) is 0 Å². The molecule has 43 heavy (non-hydrogen) atoms. The summed E-state index contributed by atoms with van der Waals surface area (Å²) in [6, 6.07) is 18.6. The summed E-state index contributed by atoms with van der Waals surface area (Å²) in [6.07, 6.45) is 6.96. The van der Waals surface area contributed by atoms with Gasteiger partial charge in [0.15, 0.2) is 6.61 Å². The lowest BCUT2D eigenvalue weighted by atomic mass is 9.95. The van der Waals surface area contributed by atoms with Crippen molar-refractivity contribution < 1.29 is 27.5 Å². The van der Waals surface area contributed by atoms with Crippen molar-refractivity contribution >= 4 is 33.7 Å². The molecule has 0 radical (unpaired) electrons. The van der Waals surface area contributed by atoms with Gasteiger partial charge in [-0.15, -0.1) is 0 Å². The number of hydrogen-bond donors (Lipinski definition) is 2. The number of aryl methyl sites for hydroxylation is 2. The molecular formula is C32H38N4O6S. The molecule has 0 aromatic heterocycles. The largest absolute Gasteiger partial charge is 0.495 e. The van der Waals surface area contributed by atoms with Gasteiger partial charge in [-0.1, -0.05) is 43.0 Å². The minimum absolute atomic E-state index is 0.0479. The van der Waals surface area contributed by atoms with Gasteiger partial charge in [0, 0.05) is 6.04 Å². The number of sulfonamides is 1. The molecule has 2 N–H and O–H groups in total. The average molecular weight is 607 g/mol. The van der Waals surface area contributed by atoms with E-state index in [0.29, 0.717) is 17.1 Å². The number of carbonyl (C=O) groups excluding carboxylic acids is 2. The zero-order chi connectivity index (χ0) is 30.8. The fourth-order valence-electron chi connectivity index (χ4n) is 4.79. The van der Waals surface area contributed by atoms with Crippen LogP contribution in [0.25, 0.3) is 0 Å². The van der Waals surface area contributed by atoms with Crippen LogP contribution in [0.4, 0.5) is 5.69 Å². The maximum absolute atomic E-state index is 13.7. The van der Waals surface area contributed by atoms with Crippen LogP contribution in [0.5, 0.6) is 11.5 Å². The summed E-state index contributed by atoms with van der Waals surface area (Å²) in [5.74, 6) is 0.0665. The van der Waals surface area contributed by atoms with Crippen LogP contribution in [-0.2, 0) is 19.6 Å². The minimum Gasteiger partial charge on any atom is -0.495 e. The van der Waals surface area contributed by atoms with Crippen molar-refractivity contribution in [3.63, 3.8) is 0 Å². The Labute approximate surface area is 253 Å². The monoisotopic (exact) mass is 606 g/mol. The van der Waals surface area contributed by atoms with E-state index in [1.54, 1.807) is 54.6 Å². The van der Waals surface area contributed by atoms with Gasteiger partial charge in [-0.05, 0) is 86.3 Å². The highest BCUT2D eigenvalue weighted by molar-refractivity contribution is 7.92. The van der Waals surface area contributed by atoms with Gasteiger partial charge in [-0.2, -0.15) is 5.10 Å². The molecule has 1 fully saturated rings. The first-order valence-corrected chi connectivity index (χ1v) is 15.7. The molecule has 0 unspecified atom stereocenters. The molecule has 0 spiro atoms. The Kier molecular flexibility index (Phi) is 10.8. The van der Waals surface area contributed by atoms with Gasteiger partial charge in [0.25, 0.3) is 21.8 Å². The number of ether oxygens (including phenoxy) is 2. The fraction of sp³-hybridized carbons (Fsp3) is 0.344. The summed E-state index contributed by atoms with van der Waals surface area (Å²) in [4.78, 5) is 25.2. The molecule has 1 aliphatic carbocycles. The van der Waals surface area contributed by atoms with Crippen molar-refractivity contribution in [1.82, 2.24) is 10.7 Å². The number of carbonyl (C=O) groups is 2. The molecule has 0 aliphatic heterocycles. The van der Waals surface area contributed by atoms with Crippen molar-refractivity contribution in [3.8, 4) is 11.5 Å². The molecule has 1 saturated carbocycles. The van der Waals surface area contributed by atoms with Gasteiger partial charge in [-0.3, -0.25) is 13.9 Å². The van der Waals surface area contributed by atoms with E-state index in [4.69, 9.17) is 9.47 Å². The smallest absolute Gasteiger partial charge is 0.264 e. The number of nitrogens with one attached hydrogen (secondary N) is 2. The fourth-order valence-corrected chi connectivity index (χ4v) is 6.22. The third kappa shape index (κ3) is 8.81. The number of hydrogen-bond acceptors (Lipinski definition) is 7. The van der Waals surface area contributed by atoms with Gasteiger partial charge in [0.05, 0.1) is 23.9 Å². The molecule has 10 nitrogen and oxygen atoms in total. The van der Waals surface area contributed by atoms with E-state index in [1.807, 2.05) is 13.8 Å². The lowest BCUT2D eigenvalue weighted by Gasteiger charge is -2.25. The molecule has 0 saturated heterocycles. The van der Waals surface area contributed by atoms with Crippen LogP contribution < -0.4 is 24.5 Å². The molecule has 4 rings (SSSR count). The summed E-state index contributed by atoms with van der Waals surface area (Å²) in [6.45, 7) is 3.10. The lowest BCUT2D eigenvalue weighted by molar-refractivity contribution is -0.124. The van der Waals surface area contributed by atoms with Gasteiger partial charge >= 0.3 is 0 Å². The van der Waals surface area contributed by atoms with Crippen LogP contribution in [0.1, 0.15) is 48.8 Å². The van der Waals surface area contributed by atoms with Crippen LogP contribution in [0.15, 0.2) is 76.7 Å². The van der Waals surface area contributed by atoms with E-state index >= 15 is 0 Å². The maximum Gasteiger partial charge on any atom is 0.264 e. The number of nitrogens with zero attached hydrogens (tertiary/aromatic N) is 2. The second-order valence-electron chi connectivity index (χ2n) is 10.6. The first-order chi connectivity index (χ1) is 20.7. The van der Waals surface area contributed by atoms with Gasteiger partial charge in [0.1, 0.15) is 18.0 Å². The minimum atomic E-state index is -4.12. The topological polar surface area (TPSA) is 126 Å². The highest BCUT2D eigenvalue weighted by Crippen LogP contribution is 2.33. The number of rotatable bonds is 12. The normalized spacial score (nSPS) is 13.8. The second-order valence-corrected chi connectivity index (χ2v) is 12.4. The SMILES string of the molecule is COc1ccc(C)cc1N(CC(=O)N/N=C\c1ccc(OCC(=O)NC2CCCCC2)cc1)S(=O)(=O)c1ccc(C)cc1. The Morgan fingerprint density at radius 2 is 1.60 bits per heavy atom. The van der Waals surface area contributed by atoms with Crippen molar-refractivity contribution in [2.75, 3.05) is 24.6 Å². The predicted molar refractivity (Wildman–Crippen MR) is 166 cm³/mol. The first-order valence-electron chi connectivity index (χ1n) is 14.2. The number of methoxy groups -OCH3 is 1. The summed E-state index contributed by atoms with van der Waals surface area (Å²) in [7, 11) is -2.68. The molecule has 1 aliphatic rings. The van der Waals surface area contributed by atoms with E-state index in [2.05, 4.69) is 15.8 Å². The van der Waals surface area contributed by atoms with E-state index in [-0.39, 0.29) is 29.1 Å². The summed E-state index contributed by atoms with van der Waals surface area (Å²) < 4.78 is 39.4. The summed E-state index contributed by atoms with van der Waals surface area (Å²) >= 11 is 0. The van der Waals surface area contributed by atoms with E-state index in [1.165, 1.54) is 31.9 Å². The van der Waals surface area contributed by atoms with Crippen LogP contribution in [0.2, 0.25) is 0 Å². The molecule has 3 aromatic carbocycles. The lowest BCUT2D eigenvalue weighted by Crippen LogP contribution is -2.39. The van der Waals surface area contributed by atoms with Crippen molar-refractivity contribution in [3.05, 3.63) is 83.4 Å².